The Morgan fingerprint density at radius 2 is 1.37 bits per heavy atom. The zero-order valence-corrected chi connectivity index (χ0v) is 11.9. The highest BCUT2D eigenvalue weighted by atomic mass is 14.1. The molecule has 3 aromatic carbocycles. The van der Waals surface area contributed by atoms with Gasteiger partial charge in [0, 0.05) is 0 Å². The summed E-state index contributed by atoms with van der Waals surface area (Å²) in [7, 11) is 0. The van der Waals surface area contributed by atoms with E-state index in [-0.39, 0.29) is 0 Å². The maximum atomic E-state index is 2.24. The van der Waals surface area contributed by atoms with Crippen LogP contribution in [0.2, 0.25) is 0 Å². The predicted molar refractivity (Wildman–Crippen MR) is 85.5 cm³/mol. The summed E-state index contributed by atoms with van der Waals surface area (Å²) < 4.78 is 0. The number of aryl methyl sites for hydroxylation is 1. The van der Waals surface area contributed by atoms with Crippen LogP contribution >= 0.6 is 0 Å². The third-order valence-electron chi connectivity index (χ3n) is 3.12. The quantitative estimate of drug-likeness (QED) is 0.507. The first-order valence-corrected chi connectivity index (χ1v) is 6.89. The summed E-state index contributed by atoms with van der Waals surface area (Å²) in [6.45, 7) is 6.13. The van der Waals surface area contributed by atoms with E-state index >= 15 is 0 Å². The molecule has 0 heterocycles. The predicted octanol–water partition coefficient (Wildman–Crippen LogP) is 5.84. The fourth-order valence-electron chi connectivity index (χ4n) is 2.29. The van der Waals surface area contributed by atoms with Crippen molar-refractivity contribution >= 4 is 10.8 Å². The molecule has 96 valence electrons. The second-order valence-corrected chi connectivity index (χ2v) is 4.40. The Kier molecular flexibility index (Phi) is 4.35. The van der Waals surface area contributed by atoms with Gasteiger partial charge in [0.1, 0.15) is 0 Å². The Morgan fingerprint density at radius 3 is 2.16 bits per heavy atom. The zero-order valence-electron chi connectivity index (χ0n) is 11.9. The smallest absolute Gasteiger partial charge is 0.0105 e. The van der Waals surface area contributed by atoms with Crippen LogP contribution < -0.4 is 0 Å². The lowest BCUT2D eigenvalue weighted by molar-refractivity contribution is 1.47. The minimum atomic E-state index is 1.29. The molecule has 0 atom stereocenters. The van der Waals surface area contributed by atoms with Crippen molar-refractivity contribution in [1.82, 2.24) is 0 Å². The fraction of sp³-hybridized carbons (Fsp3) is 0.158. The van der Waals surface area contributed by atoms with E-state index in [0.717, 1.165) is 0 Å². The van der Waals surface area contributed by atoms with Crippen molar-refractivity contribution in [3.63, 3.8) is 0 Å². The van der Waals surface area contributed by atoms with Crippen LogP contribution in [0.15, 0.2) is 66.7 Å². The van der Waals surface area contributed by atoms with Gasteiger partial charge in [0.25, 0.3) is 0 Å². The molecule has 0 saturated carbocycles. The number of hydrogen-bond acceptors (Lipinski definition) is 0. The van der Waals surface area contributed by atoms with Crippen molar-refractivity contribution < 1.29 is 0 Å². The maximum absolute atomic E-state index is 2.24. The summed E-state index contributed by atoms with van der Waals surface area (Å²) in [5.41, 5.74) is 3.91. The molecular formula is C19H20. The molecule has 0 spiro atoms. The van der Waals surface area contributed by atoms with Gasteiger partial charge in [-0.1, -0.05) is 86.1 Å². The molecule has 0 heteroatoms. The van der Waals surface area contributed by atoms with Gasteiger partial charge in [-0.2, -0.15) is 0 Å². The summed E-state index contributed by atoms with van der Waals surface area (Å²) in [5.74, 6) is 0. The van der Waals surface area contributed by atoms with E-state index < -0.39 is 0 Å². The third kappa shape index (κ3) is 2.85. The van der Waals surface area contributed by atoms with E-state index in [4.69, 9.17) is 0 Å². The van der Waals surface area contributed by atoms with Crippen molar-refractivity contribution in [2.45, 2.75) is 20.8 Å². The van der Waals surface area contributed by atoms with Gasteiger partial charge >= 0.3 is 0 Å². The average molecular weight is 248 g/mol. The highest BCUT2D eigenvalue weighted by Gasteiger charge is 2.02. The first-order chi connectivity index (χ1) is 9.34. The Morgan fingerprint density at radius 1 is 0.684 bits per heavy atom. The Labute approximate surface area is 115 Å². The lowest BCUT2D eigenvalue weighted by Gasteiger charge is -2.07. The molecule has 0 amide bonds. The van der Waals surface area contributed by atoms with Gasteiger partial charge in [-0.3, -0.25) is 0 Å². The van der Waals surface area contributed by atoms with Crippen LogP contribution in [0.25, 0.3) is 21.9 Å². The molecule has 0 unspecified atom stereocenters. The van der Waals surface area contributed by atoms with E-state index in [2.05, 4.69) is 73.7 Å². The van der Waals surface area contributed by atoms with E-state index in [0.29, 0.717) is 0 Å². The van der Waals surface area contributed by atoms with Crippen molar-refractivity contribution in [3.05, 3.63) is 72.3 Å². The van der Waals surface area contributed by atoms with Crippen LogP contribution in [0.4, 0.5) is 0 Å². The van der Waals surface area contributed by atoms with Crippen LogP contribution in [0.3, 0.4) is 0 Å². The van der Waals surface area contributed by atoms with Crippen LogP contribution in [0, 0.1) is 6.92 Å². The minimum absolute atomic E-state index is 1.29. The molecule has 3 aromatic rings. The molecule has 0 bridgehead atoms. The first-order valence-electron chi connectivity index (χ1n) is 6.89. The lowest BCUT2D eigenvalue weighted by Crippen LogP contribution is -1.82. The van der Waals surface area contributed by atoms with Gasteiger partial charge in [-0.05, 0) is 28.8 Å². The van der Waals surface area contributed by atoms with Crippen LogP contribution in [0.1, 0.15) is 19.4 Å². The Hall–Kier alpha value is -2.08. The molecule has 0 N–H and O–H groups in total. The minimum Gasteiger partial charge on any atom is -0.0683 e. The van der Waals surface area contributed by atoms with Crippen LogP contribution in [-0.4, -0.2) is 0 Å². The molecular weight excluding hydrogens is 228 g/mol. The van der Waals surface area contributed by atoms with Crippen LogP contribution in [0.5, 0.6) is 0 Å². The van der Waals surface area contributed by atoms with Gasteiger partial charge < -0.3 is 0 Å². The maximum Gasteiger partial charge on any atom is -0.0105 e. The van der Waals surface area contributed by atoms with Crippen molar-refractivity contribution in [2.75, 3.05) is 0 Å². The van der Waals surface area contributed by atoms with E-state index in [1.807, 2.05) is 13.8 Å². The van der Waals surface area contributed by atoms with Crippen LogP contribution in [-0.2, 0) is 0 Å². The normalized spacial score (nSPS) is 9.84. The summed E-state index contributed by atoms with van der Waals surface area (Å²) in [6.07, 6.45) is 0. The molecule has 0 saturated heterocycles. The molecule has 0 nitrogen and oxygen atoms in total. The summed E-state index contributed by atoms with van der Waals surface area (Å²) in [6, 6.07) is 23.7. The molecule has 3 rings (SSSR count). The average Bonchev–Trinajstić information content (AvgIpc) is 2.49. The van der Waals surface area contributed by atoms with Gasteiger partial charge in [0.2, 0.25) is 0 Å². The number of rotatable bonds is 1. The summed E-state index contributed by atoms with van der Waals surface area (Å²) in [4.78, 5) is 0. The summed E-state index contributed by atoms with van der Waals surface area (Å²) in [5, 5.41) is 2.62. The zero-order chi connectivity index (χ0) is 13.7. The topological polar surface area (TPSA) is 0 Å². The molecule has 19 heavy (non-hydrogen) atoms. The fourth-order valence-corrected chi connectivity index (χ4v) is 2.29. The summed E-state index contributed by atoms with van der Waals surface area (Å²) >= 11 is 0. The van der Waals surface area contributed by atoms with Crippen molar-refractivity contribution in [1.29, 1.82) is 0 Å². The number of fused-ring (bicyclic) bond motifs is 1. The number of hydrogen-bond donors (Lipinski definition) is 0. The third-order valence-corrected chi connectivity index (χ3v) is 3.12. The molecule has 0 aliphatic heterocycles. The highest BCUT2D eigenvalue weighted by Crippen LogP contribution is 2.28. The van der Waals surface area contributed by atoms with Gasteiger partial charge in [0.15, 0.2) is 0 Å². The standard InChI is InChI=1S/C17H14.C2H6/c1-13-6-4-9-15(12-13)17-11-5-8-14-7-2-3-10-16(14)17;1-2/h2-12H,1H3;1-2H3. The molecule has 0 aromatic heterocycles. The molecule has 0 aliphatic carbocycles. The van der Waals surface area contributed by atoms with Crippen molar-refractivity contribution in [3.8, 4) is 11.1 Å². The Bertz CT molecular complexity index is 660. The Balaban J connectivity index is 0.000000637. The van der Waals surface area contributed by atoms with Gasteiger partial charge in [-0.25, -0.2) is 0 Å². The molecule has 0 aliphatic rings. The van der Waals surface area contributed by atoms with E-state index in [1.54, 1.807) is 0 Å². The molecule has 0 radical (unpaired) electrons. The SMILES string of the molecule is CC.Cc1cccc(-c2cccc3ccccc23)c1. The van der Waals surface area contributed by atoms with E-state index in [1.165, 1.54) is 27.5 Å². The highest BCUT2D eigenvalue weighted by molar-refractivity contribution is 5.96. The second-order valence-electron chi connectivity index (χ2n) is 4.40. The van der Waals surface area contributed by atoms with Crippen molar-refractivity contribution in [2.24, 2.45) is 0 Å². The second kappa shape index (κ2) is 6.19. The lowest BCUT2D eigenvalue weighted by atomic mass is 9.97. The van der Waals surface area contributed by atoms with E-state index in [9.17, 15) is 0 Å². The van der Waals surface area contributed by atoms with Gasteiger partial charge in [-0.15, -0.1) is 0 Å². The van der Waals surface area contributed by atoms with Gasteiger partial charge in [0.05, 0.1) is 0 Å². The first kappa shape index (κ1) is 13.4. The number of benzene rings is 3. The largest absolute Gasteiger partial charge is 0.0683 e. The monoisotopic (exact) mass is 248 g/mol. The molecule has 0 fully saturated rings.